The molecule has 2 heterocycles. The predicted octanol–water partition coefficient (Wildman–Crippen LogP) is 3.57. The Labute approximate surface area is 185 Å². The van der Waals surface area contributed by atoms with E-state index in [2.05, 4.69) is 46.8 Å². The van der Waals surface area contributed by atoms with Gasteiger partial charge >= 0.3 is 0 Å². The molecule has 4 rings (SSSR count). The Bertz CT molecular complexity index is 1070. The van der Waals surface area contributed by atoms with Gasteiger partial charge in [0.15, 0.2) is 17.3 Å². The van der Waals surface area contributed by atoms with Crippen LogP contribution in [0.3, 0.4) is 0 Å². The van der Waals surface area contributed by atoms with Crippen LogP contribution in [0.25, 0.3) is 11.4 Å². The molecular formula is C22H25N5O3S. The van der Waals surface area contributed by atoms with Crippen LogP contribution in [0.2, 0.25) is 0 Å². The molecule has 0 saturated heterocycles. The molecule has 1 N–H and O–H groups in total. The summed E-state index contributed by atoms with van der Waals surface area (Å²) in [6.45, 7) is 2.80. The first-order valence-corrected chi connectivity index (χ1v) is 10.9. The number of aliphatic imine (C=N–C) groups is 1. The molecule has 162 valence electrons. The van der Waals surface area contributed by atoms with Crippen molar-refractivity contribution in [1.29, 1.82) is 0 Å². The first-order valence-electron chi connectivity index (χ1n) is 9.87. The fraction of sp³-hybridized carbons (Fsp3) is 0.318. The molecule has 0 saturated carbocycles. The molecule has 1 aliphatic rings. The van der Waals surface area contributed by atoms with E-state index in [4.69, 9.17) is 19.2 Å². The van der Waals surface area contributed by atoms with Crippen molar-refractivity contribution in [2.75, 3.05) is 39.1 Å². The summed E-state index contributed by atoms with van der Waals surface area (Å²) >= 11 is 1.60. The van der Waals surface area contributed by atoms with Gasteiger partial charge in [-0.15, -0.1) is 10.2 Å². The standard InChI is InChI=1S/C22H25N5O3S/c1-14-5-7-15(8-6-14)9-10-23-19-13-31-22-25-24-21(27(22)26-19)16-11-17(28-2)20(30-4)18(12-16)29-3/h5-8,11-12H,9-10,13H2,1-4H3,(H,23,26). The molecular weight excluding hydrogens is 414 g/mol. The molecule has 9 heteroatoms. The molecule has 0 atom stereocenters. The van der Waals surface area contributed by atoms with Crippen LogP contribution in [0.5, 0.6) is 17.2 Å². The van der Waals surface area contributed by atoms with Crippen LogP contribution in [0.4, 0.5) is 0 Å². The van der Waals surface area contributed by atoms with E-state index in [1.54, 1.807) is 33.1 Å². The highest BCUT2D eigenvalue weighted by molar-refractivity contribution is 7.99. The molecule has 3 aromatic rings. The van der Waals surface area contributed by atoms with Gasteiger partial charge in [-0.3, -0.25) is 10.4 Å². The monoisotopic (exact) mass is 439 g/mol. The van der Waals surface area contributed by atoms with Crippen LogP contribution in [0.15, 0.2) is 46.5 Å². The second kappa shape index (κ2) is 9.30. The van der Waals surface area contributed by atoms with Crippen LogP contribution < -0.4 is 19.6 Å². The summed E-state index contributed by atoms with van der Waals surface area (Å²) in [6, 6.07) is 12.3. The number of nitrogens with one attached hydrogen (secondary N) is 1. The third-order valence-corrected chi connectivity index (χ3v) is 5.90. The zero-order chi connectivity index (χ0) is 21.8. The topological polar surface area (TPSA) is 82.8 Å². The van der Waals surface area contributed by atoms with Gasteiger partial charge in [-0.2, -0.15) is 0 Å². The number of aromatic nitrogens is 3. The van der Waals surface area contributed by atoms with Gasteiger partial charge in [0.25, 0.3) is 0 Å². The van der Waals surface area contributed by atoms with Gasteiger partial charge in [0.2, 0.25) is 10.9 Å². The summed E-state index contributed by atoms with van der Waals surface area (Å²) in [7, 11) is 4.76. The number of fused-ring (bicyclic) bond motifs is 1. The average molecular weight is 440 g/mol. The van der Waals surface area contributed by atoms with Gasteiger partial charge in [0, 0.05) is 12.1 Å². The summed E-state index contributed by atoms with van der Waals surface area (Å²) in [5.41, 5.74) is 6.69. The molecule has 0 fully saturated rings. The van der Waals surface area contributed by atoms with Crippen molar-refractivity contribution < 1.29 is 14.2 Å². The van der Waals surface area contributed by atoms with Gasteiger partial charge in [-0.25, -0.2) is 4.68 Å². The third kappa shape index (κ3) is 4.46. The minimum Gasteiger partial charge on any atom is -0.493 e. The number of hydrogen-bond donors (Lipinski definition) is 1. The van der Waals surface area contributed by atoms with E-state index in [1.165, 1.54) is 11.1 Å². The SMILES string of the molecule is COc1cc(-c2nnc3n2NC(=NCCc2ccc(C)cc2)CS3)cc(OC)c1OC. The third-order valence-electron chi connectivity index (χ3n) is 4.96. The molecule has 0 radical (unpaired) electrons. The van der Waals surface area contributed by atoms with Crippen molar-refractivity contribution in [3.05, 3.63) is 47.5 Å². The molecule has 0 unspecified atom stereocenters. The number of aryl methyl sites for hydroxylation is 1. The Balaban J connectivity index is 1.56. The number of thioether (sulfide) groups is 1. The van der Waals surface area contributed by atoms with Crippen molar-refractivity contribution in [2.24, 2.45) is 4.99 Å². The Morgan fingerprint density at radius 3 is 2.39 bits per heavy atom. The molecule has 1 aliphatic heterocycles. The Morgan fingerprint density at radius 2 is 1.74 bits per heavy atom. The maximum absolute atomic E-state index is 5.47. The lowest BCUT2D eigenvalue weighted by molar-refractivity contribution is 0.324. The van der Waals surface area contributed by atoms with Crippen molar-refractivity contribution in [1.82, 2.24) is 14.9 Å². The van der Waals surface area contributed by atoms with E-state index in [9.17, 15) is 0 Å². The zero-order valence-corrected chi connectivity index (χ0v) is 18.8. The van der Waals surface area contributed by atoms with E-state index in [-0.39, 0.29) is 0 Å². The number of hydrogen-bond acceptors (Lipinski definition) is 7. The summed E-state index contributed by atoms with van der Waals surface area (Å²) in [5.74, 6) is 3.91. The number of rotatable bonds is 7. The van der Waals surface area contributed by atoms with Crippen LogP contribution in [-0.2, 0) is 6.42 Å². The van der Waals surface area contributed by atoms with Crippen LogP contribution >= 0.6 is 11.8 Å². The highest BCUT2D eigenvalue weighted by atomic mass is 32.2. The highest BCUT2D eigenvalue weighted by Gasteiger charge is 2.23. The van der Waals surface area contributed by atoms with Gasteiger partial charge in [-0.1, -0.05) is 41.6 Å². The average Bonchev–Trinajstić information content (AvgIpc) is 3.22. The number of ether oxygens (including phenoxy) is 3. The van der Waals surface area contributed by atoms with Crippen LogP contribution in [0, 0.1) is 6.92 Å². The molecule has 0 bridgehead atoms. The first kappa shape index (κ1) is 21.0. The fourth-order valence-electron chi connectivity index (χ4n) is 3.31. The van der Waals surface area contributed by atoms with Crippen molar-refractivity contribution in [3.63, 3.8) is 0 Å². The fourth-order valence-corrected chi connectivity index (χ4v) is 4.09. The minimum atomic E-state index is 0.535. The second-order valence-electron chi connectivity index (χ2n) is 7.02. The van der Waals surface area contributed by atoms with E-state index >= 15 is 0 Å². The lowest BCUT2D eigenvalue weighted by atomic mass is 10.1. The van der Waals surface area contributed by atoms with Gasteiger partial charge < -0.3 is 14.2 Å². The lowest BCUT2D eigenvalue weighted by Gasteiger charge is -2.19. The lowest BCUT2D eigenvalue weighted by Crippen LogP contribution is -2.30. The Hall–Kier alpha value is -3.20. The second-order valence-corrected chi connectivity index (χ2v) is 7.96. The maximum Gasteiger partial charge on any atom is 0.211 e. The van der Waals surface area contributed by atoms with Gasteiger partial charge in [0.1, 0.15) is 5.84 Å². The van der Waals surface area contributed by atoms with E-state index in [0.29, 0.717) is 29.6 Å². The Kier molecular flexibility index (Phi) is 6.31. The van der Waals surface area contributed by atoms with Crippen molar-refractivity contribution >= 4 is 17.6 Å². The van der Waals surface area contributed by atoms with Crippen LogP contribution in [0.1, 0.15) is 11.1 Å². The molecule has 1 aromatic heterocycles. The number of benzene rings is 2. The van der Waals surface area contributed by atoms with Crippen molar-refractivity contribution in [2.45, 2.75) is 18.5 Å². The normalized spacial score (nSPS) is 14.1. The molecule has 2 aromatic carbocycles. The highest BCUT2D eigenvalue weighted by Crippen LogP contribution is 2.41. The summed E-state index contributed by atoms with van der Waals surface area (Å²) in [6.07, 6.45) is 0.894. The molecule has 0 spiro atoms. The zero-order valence-electron chi connectivity index (χ0n) is 18.0. The summed E-state index contributed by atoms with van der Waals surface area (Å²) in [5, 5.41) is 9.45. The quantitative estimate of drug-likeness (QED) is 0.603. The molecule has 31 heavy (non-hydrogen) atoms. The van der Waals surface area contributed by atoms with E-state index in [0.717, 1.165) is 28.7 Å². The number of methoxy groups -OCH3 is 3. The number of amidine groups is 1. The first-order chi connectivity index (χ1) is 15.1. The Morgan fingerprint density at radius 1 is 1.03 bits per heavy atom. The van der Waals surface area contributed by atoms with E-state index in [1.807, 2.05) is 16.8 Å². The predicted molar refractivity (Wildman–Crippen MR) is 122 cm³/mol. The molecule has 0 aliphatic carbocycles. The van der Waals surface area contributed by atoms with Gasteiger partial charge in [-0.05, 0) is 31.0 Å². The number of nitrogens with zero attached hydrogens (tertiary/aromatic N) is 4. The van der Waals surface area contributed by atoms with Gasteiger partial charge in [0.05, 0.1) is 27.1 Å². The molecule has 8 nitrogen and oxygen atoms in total. The summed E-state index contributed by atoms with van der Waals surface area (Å²) < 4.78 is 18.2. The minimum absolute atomic E-state index is 0.535. The van der Waals surface area contributed by atoms with Crippen LogP contribution in [-0.4, -0.2) is 54.3 Å². The van der Waals surface area contributed by atoms with Crippen molar-refractivity contribution in [3.8, 4) is 28.6 Å². The summed E-state index contributed by atoms with van der Waals surface area (Å²) in [4.78, 5) is 4.75. The smallest absolute Gasteiger partial charge is 0.211 e. The largest absolute Gasteiger partial charge is 0.493 e. The van der Waals surface area contributed by atoms with E-state index < -0.39 is 0 Å². The maximum atomic E-state index is 5.47. The molecule has 0 amide bonds.